The van der Waals surface area contributed by atoms with Gasteiger partial charge in [0.1, 0.15) is 23.3 Å². The van der Waals surface area contributed by atoms with E-state index in [1.807, 2.05) is 0 Å². The van der Waals surface area contributed by atoms with Gasteiger partial charge in [-0.2, -0.15) is 0 Å². The second-order valence-corrected chi connectivity index (χ2v) is 4.45. The van der Waals surface area contributed by atoms with Gasteiger partial charge in [-0.1, -0.05) is 0 Å². The van der Waals surface area contributed by atoms with Crippen LogP contribution in [0.5, 0.6) is 0 Å². The zero-order valence-electron chi connectivity index (χ0n) is 12.8. The van der Waals surface area contributed by atoms with Crippen LogP contribution in [-0.4, -0.2) is 39.8 Å². The summed E-state index contributed by atoms with van der Waals surface area (Å²) >= 11 is 0. The Kier molecular flexibility index (Phi) is 22.4. The molecule has 0 aliphatic rings. The maximum Gasteiger partial charge on any atom is 0.147 e. The summed E-state index contributed by atoms with van der Waals surface area (Å²) in [4.78, 5) is 31.8. The molecule has 0 unspecified atom stereocenters. The van der Waals surface area contributed by atoms with Crippen molar-refractivity contribution < 1.29 is 47.0 Å². The fraction of sp³-hybridized carbons (Fsp3) is 0.769. The minimum Gasteiger partial charge on any atom is -0.394 e. The Labute approximate surface area is 131 Å². The van der Waals surface area contributed by atoms with E-state index in [-0.39, 0.29) is 51.9 Å². The monoisotopic (exact) mass is 443 g/mol. The molecule has 0 aliphatic heterocycles. The third-order valence-electron chi connectivity index (χ3n) is 1.22. The summed E-state index contributed by atoms with van der Waals surface area (Å²) < 4.78 is 0. The first kappa shape index (κ1) is 27.1. The number of carbonyl (C=O) groups is 3. The van der Waals surface area contributed by atoms with Gasteiger partial charge in [0, 0.05) is 34.6 Å². The molecule has 0 atom stereocenters. The van der Waals surface area contributed by atoms with Crippen molar-refractivity contribution in [2.24, 2.45) is 5.92 Å². The van der Waals surface area contributed by atoms with Gasteiger partial charge >= 0.3 is 0 Å². The molecule has 5 nitrogen and oxygen atoms in total. The summed E-state index contributed by atoms with van der Waals surface area (Å²) in [5.74, 6) is -2.15. The summed E-state index contributed by atoms with van der Waals surface area (Å²) in [6, 6.07) is 0. The first-order valence-electron chi connectivity index (χ1n) is 5.80. The van der Waals surface area contributed by atoms with Gasteiger partial charge in [0.15, 0.2) is 0 Å². The fourth-order valence-electron chi connectivity index (χ4n) is 0.859. The van der Waals surface area contributed by atoms with Gasteiger partial charge in [-0.15, -0.1) is 0 Å². The van der Waals surface area contributed by atoms with Crippen LogP contribution >= 0.6 is 0 Å². The van der Waals surface area contributed by atoms with Crippen molar-refractivity contribution in [1.82, 2.24) is 0 Å². The second-order valence-electron chi connectivity index (χ2n) is 4.45. The normalized spacial score (nSPS) is 8.84. The molecule has 0 aromatic carbocycles. The molecule has 19 heavy (non-hydrogen) atoms. The molecule has 0 amide bonds. The van der Waals surface area contributed by atoms with E-state index in [1.165, 1.54) is 20.8 Å². The van der Waals surface area contributed by atoms with E-state index in [1.54, 1.807) is 27.7 Å². The summed E-state index contributed by atoms with van der Waals surface area (Å²) in [6.45, 7) is 10.6. The number of ketones is 3. The van der Waals surface area contributed by atoms with Crippen molar-refractivity contribution in [3.05, 3.63) is 0 Å². The molecule has 2 N–H and O–H groups in total. The molecule has 0 saturated carbocycles. The maximum atomic E-state index is 10.6. The Bertz CT molecular complexity index is 217. The predicted octanol–water partition coefficient (Wildman–Crippen LogP) is 1.14. The van der Waals surface area contributed by atoms with Crippen LogP contribution in [0.25, 0.3) is 0 Å². The molecule has 0 aromatic heterocycles. The van der Waals surface area contributed by atoms with E-state index < -0.39 is 5.92 Å². The van der Waals surface area contributed by atoms with Gasteiger partial charge in [-0.25, -0.2) is 0 Å². The topological polar surface area (TPSA) is 91.7 Å². The smallest absolute Gasteiger partial charge is 0.147 e. The van der Waals surface area contributed by atoms with E-state index >= 15 is 0 Å². The van der Waals surface area contributed by atoms with Crippen molar-refractivity contribution in [3.63, 3.8) is 0 Å². The van der Waals surface area contributed by atoms with Crippen molar-refractivity contribution in [3.8, 4) is 0 Å². The number of carbonyl (C=O) groups excluding carboxylic acids is 3. The molecule has 0 aromatic rings. The number of aliphatic hydroxyl groups excluding tert-OH is 2. The quantitative estimate of drug-likeness (QED) is 0.639. The molecule has 0 rings (SSSR count). The fourth-order valence-corrected chi connectivity index (χ4v) is 0.859. The van der Waals surface area contributed by atoms with E-state index in [4.69, 9.17) is 10.2 Å². The van der Waals surface area contributed by atoms with Crippen LogP contribution in [0.4, 0.5) is 0 Å². The molecule has 6 heteroatoms. The Hall–Kier alpha value is -0.330. The third kappa shape index (κ3) is 31.9. The molecular formula is C13H26O5Ta. The van der Waals surface area contributed by atoms with E-state index in [0.717, 1.165) is 0 Å². The minimum absolute atomic E-state index is 0. The van der Waals surface area contributed by atoms with E-state index in [9.17, 15) is 14.4 Å². The summed E-state index contributed by atoms with van der Waals surface area (Å²) in [5.41, 5.74) is 0. The molecular weight excluding hydrogens is 417 g/mol. The number of rotatable bonds is 3. The Balaban J connectivity index is -0.000000105. The van der Waals surface area contributed by atoms with Crippen LogP contribution in [0.1, 0.15) is 48.5 Å². The standard InChI is InChI=1S/C7H10O3.2C3H8O.Ta/c1-4(8)7(5(2)9)6(3)10;2*1-3(2)4;/h7H,1-3H3;2*3-4H,1-2H3;. The number of Topliss-reactive ketones (excluding diaryl/α,β-unsaturated/α-hetero) is 3. The van der Waals surface area contributed by atoms with Crippen LogP contribution in [0.3, 0.4) is 0 Å². The Morgan fingerprint density at radius 1 is 0.684 bits per heavy atom. The van der Waals surface area contributed by atoms with Crippen LogP contribution in [-0.2, 0) is 36.8 Å². The van der Waals surface area contributed by atoms with E-state index in [2.05, 4.69) is 0 Å². The molecule has 0 saturated heterocycles. The van der Waals surface area contributed by atoms with Crippen LogP contribution < -0.4 is 0 Å². The first-order chi connectivity index (χ1) is 7.93. The minimum atomic E-state index is -1.03. The summed E-state index contributed by atoms with van der Waals surface area (Å²) in [6.07, 6.45) is -0.333. The average molecular weight is 443 g/mol. The van der Waals surface area contributed by atoms with Crippen molar-refractivity contribution in [2.75, 3.05) is 0 Å². The van der Waals surface area contributed by atoms with Gasteiger partial charge in [-0.05, 0) is 48.5 Å². The number of aliphatic hydroxyl groups is 2. The van der Waals surface area contributed by atoms with E-state index in [0.29, 0.717) is 0 Å². The van der Waals surface area contributed by atoms with Crippen LogP contribution in [0, 0.1) is 5.92 Å². The Morgan fingerprint density at radius 3 is 0.789 bits per heavy atom. The van der Waals surface area contributed by atoms with Gasteiger partial charge < -0.3 is 10.2 Å². The molecule has 0 bridgehead atoms. The van der Waals surface area contributed by atoms with Crippen molar-refractivity contribution in [2.45, 2.75) is 60.7 Å². The van der Waals surface area contributed by atoms with Crippen molar-refractivity contribution in [1.29, 1.82) is 0 Å². The van der Waals surface area contributed by atoms with Gasteiger partial charge in [0.05, 0.1) is 0 Å². The van der Waals surface area contributed by atoms with Crippen LogP contribution in [0.15, 0.2) is 0 Å². The molecule has 0 fully saturated rings. The zero-order chi connectivity index (χ0) is 15.5. The molecule has 113 valence electrons. The zero-order valence-corrected chi connectivity index (χ0v) is 16.0. The largest absolute Gasteiger partial charge is 0.394 e. The first-order valence-corrected chi connectivity index (χ1v) is 5.80. The molecule has 0 spiro atoms. The molecule has 0 heterocycles. The number of hydrogen-bond donors (Lipinski definition) is 2. The van der Waals surface area contributed by atoms with Crippen molar-refractivity contribution >= 4 is 17.3 Å². The van der Waals surface area contributed by atoms with Crippen LogP contribution in [0.2, 0.25) is 0 Å². The number of hydrogen-bond acceptors (Lipinski definition) is 5. The Morgan fingerprint density at radius 2 is 0.789 bits per heavy atom. The second kappa shape index (κ2) is 15.7. The summed E-state index contributed by atoms with van der Waals surface area (Å²) in [7, 11) is 0. The van der Waals surface area contributed by atoms with Gasteiger partial charge in [0.25, 0.3) is 0 Å². The SMILES string of the molecule is CC(=O)C(C(C)=O)C(C)=O.CC(C)O.CC(C)O.[Ta]. The molecule has 1 radical (unpaired) electrons. The third-order valence-corrected chi connectivity index (χ3v) is 1.22. The van der Waals surface area contributed by atoms with Gasteiger partial charge in [-0.3, -0.25) is 14.4 Å². The maximum absolute atomic E-state index is 10.6. The average Bonchev–Trinajstić information content (AvgIpc) is 1.96. The summed E-state index contributed by atoms with van der Waals surface area (Å²) in [5, 5.41) is 16.1. The van der Waals surface area contributed by atoms with Gasteiger partial charge in [0.2, 0.25) is 0 Å². The molecule has 0 aliphatic carbocycles. The predicted molar refractivity (Wildman–Crippen MR) is 70.2 cm³/mol.